The Morgan fingerprint density at radius 1 is 0.333 bits per heavy atom. The number of nitrogens with zero attached hydrogens (tertiary/aromatic N) is 1. The van der Waals surface area contributed by atoms with Crippen molar-refractivity contribution in [2.75, 3.05) is 4.90 Å². The van der Waals surface area contributed by atoms with Crippen LogP contribution in [0.3, 0.4) is 0 Å². The molecule has 2 heterocycles. The van der Waals surface area contributed by atoms with Gasteiger partial charge in [-0.15, -0.1) is 11.3 Å². The lowest BCUT2D eigenvalue weighted by atomic mass is 9.94. The molecule has 0 saturated carbocycles. The SMILES string of the molecule is c1ccc(-c2ccccc2-c2ccc(N(c3ccccc3)c3ccc(-c4cccc5sc6ccc7oc8ccccc8c7c6c45)cc3)cc2)cc1. The number of rotatable bonds is 6. The lowest BCUT2D eigenvalue weighted by molar-refractivity contribution is 0.669. The molecular formula is C48H31NOS. The van der Waals surface area contributed by atoms with Crippen LogP contribution in [-0.2, 0) is 0 Å². The summed E-state index contributed by atoms with van der Waals surface area (Å²) in [6.07, 6.45) is 0. The zero-order valence-electron chi connectivity index (χ0n) is 27.7. The summed E-state index contributed by atoms with van der Waals surface area (Å²) in [5, 5.41) is 4.92. The molecule has 51 heavy (non-hydrogen) atoms. The highest BCUT2D eigenvalue weighted by Gasteiger charge is 2.19. The summed E-state index contributed by atoms with van der Waals surface area (Å²) in [5.41, 5.74) is 12.5. The van der Waals surface area contributed by atoms with Gasteiger partial charge < -0.3 is 9.32 Å². The minimum Gasteiger partial charge on any atom is -0.456 e. The average Bonchev–Trinajstić information content (AvgIpc) is 3.78. The predicted octanol–water partition coefficient (Wildman–Crippen LogP) is 14.4. The third kappa shape index (κ3) is 5.01. The lowest BCUT2D eigenvalue weighted by Gasteiger charge is -2.26. The molecule has 0 bridgehead atoms. The second-order valence-electron chi connectivity index (χ2n) is 12.9. The molecule has 10 rings (SSSR count). The first-order chi connectivity index (χ1) is 25.3. The van der Waals surface area contributed by atoms with Gasteiger partial charge in [0.2, 0.25) is 0 Å². The summed E-state index contributed by atoms with van der Waals surface area (Å²) >= 11 is 1.85. The predicted molar refractivity (Wildman–Crippen MR) is 218 cm³/mol. The quantitative estimate of drug-likeness (QED) is 0.175. The van der Waals surface area contributed by atoms with Gasteiger partial charge in [0, 0.05) is 48.0 Å². The van der Waals surface area contributed by atoms with E-state index >= 15 is 0 Å². The van der Waals surface area contributed by atoms with E-state index < -0.39 is 0 Å². The fourth-order valence-electron chi connectivity index (χ4n) is 7.57. The van der Waals surface area contributed by atoms with Gasteiger partial charge in [0.05, 0.1) is 0 Å². The zero-order chi connectivity index (χ0) is 33.7. The Labute approximate surface area is 300 Å². The van der Waals surface area contributed by atoms with Crippen molar-refractivity contribution in [3.05, 3.63) is 188 Å². The molecule has 0 aliphatic carbocycles. The van der Waals surface area contributed by atoms with Crippen LogP contribution in [0.2, 0.25) is 0 Å². The number of furan rings is 1. The maximum absolute atomic E-state index is 6.31. The molecule has 240 valence electrons. The first-order valence-corrected chi connectivity index (χ1v) is 18.1. The maximum Gasteiger partial charge on any atom is 0.136 e. The van der Waals surface area contributed by atoms with Crippen molar-refractivity contribution in [3.8, 4) is 33.4 Å². The van der Waals surface area contributed by atoms with E-state index in [-0.39, 0.29) is 0 Å². The molecule has 0 saturated heterocycles. The van der Waals surface area contributed by atoms with Crippen LogP contribution < -0.4 is 4.90 Å². The van der Waals surface area contributed by atoms with Crippen LogP contribution in [0.1, 0.15) is 0 Å². The Morgan fingerprint density at radius 2 is 0.863 bits per heavy atom. The molecular weight excluding hydrogens is 639 g/mol. The highest BCUT2D eigenvalue weighted by Crippen LogP contribution is 2.46. The van der Waals surface area contributed by atoms with Crippen LogP contribution in [0, 0.1) is 0 Å². The van der Waals surface area contributed by atoms with Gasteiger partial charge in [0.25, 0.3) is 0 Å². The number of thiophene rings is 1. The number of benzene rings is 8. The molecule has 0 aliphatic rings. The summed E-state index contributed by atoms with van der Waals surface area (Å²) < 4.78 is 8.87. The molecule has 0 atom stereocenters. The summed E-state index contributed by atoms with van der Waals surface area (Å²) in [4.78, 5) is 2.33. The van der Waals surface area contributed by atoms with Crippen molar-refractivity contribution in [1.82, 2.24) is 0 Å². The molecule has 0 unspecified atom stereocenters. The molecule has 8 aromatic carbocycles. The summed E-state index contributed by atoms with van der Waals surface area (Å²) in [6, 6.07) is 67.2. The van der Waals surface area contributed by atoms with Crippen LogP contribution in [0.15, 0.2) is 192 Å². The molecule has 0 spiro atoms. The monoisotopic (exact) mass is 669 g/mol. The number of para-hydroxylation sites is 2. The summed E-state index contributed by atoms with van der Waals surface area (Å²) in [5.74, 6) is 0. The molecule has 0 radical (unpaired) electrons. The van der Waals surface area contributed by atoms with Crippen molar-refractivity contribution >= 4 is 70.5 Å². The number of hydrogen-bond acceptors (Lipinski definition) is 3. The third-order valence-electron chi connectivity index (χ3n) is 9.90. The maximum atomic E-state index is 6.31. The zero-order valence-corrected chi connectivity index (χ0v) is 28.5. The van der Waals surface area contributed by atoms with Crippen LogP contribution in [-0.4, -0.2) is 0 Å². The molecule has 10 aromatic rings. The van der Waals surface area contributed by atoms with Gasteiger partial charge in [-0.05, 0) is 94.0 Å². The van der Waals surface area contributed by atoms with Gasteiger partial charge in [-0.2, -0.15) is 0 Å². The minimum absolute atomic E-state index is 0.927. The average molecular weight is 670 g/mol. The van der Waals surface area contributed by atoms with E-state index in [2.05, 4.69) is 187 Å². The Balaban J connectivity index is 1.07. The Kier molecular flexibility index (Phi) is 7.04. The standard InChI is InChI=1S/C48H31NOS/c1-3-12-32(13-4-1)38-16-7-8-17-39(38)33-22-26-36(27-23-33)49(35-14-5-2-6-15-35)37-28-24-34(25-29-37)40-19-11-21-44-47(40)48-45(51-44)31-30-43-46(48)41-18-9-10-20-42(41)50-43/h1-31H. The first-order valence-electron chi connectivity index (χ1n) is 17.3. The van der Waals surface area contributed by atoms with E-state index in [9.17, 15) is 0 Å². The molecule has 2 aromatic heterocycles. The number of anilines is 3. The van der Waals surface area contributed by atoms with Crippen LogP contribution in [0.4, 0.5) is 17.1 Å². The van der Waals surface area contributed by atoms with Crippen molar-refractivity contribution in [2.24, 2.45) is 0 Å². The number of hydrogen-bond donors (Lipinski definition) is 0. The van der Waals surface area contributed by atoms with Crippen molar-refractivity contribution < 1.29 is 4.42 Å². The highest BCUT2D eigenvalue weighted by molar-refractivity contribution is 7.26. The normalized spacial score (nSPS) is 11.5. The molecule has 0 N–H and O–H groups in total. The van der Waals surface area contributed by atoms with Crippen molar-refractivity contribution in [2.45, 2.75) is 0 Å². The van der Waals surface area contributed by atoms with Crippen molar-refractivity contribution in [1.29, 1.82) is 0 Å². The second kappa shape index (κ2) is 12.2. The van der Waals surface area contributed by atoms with E-state index in [4.69, 9.17) is 4.42 Å². The fraction of sp³-hybridized carbons (Fsp3) is 0. The smallest absolute Gasteiger partial charge is 0.136 e. The highest BCUT2D eigenvalue weighted by atomic mass is 32.1. The topological polar surface area (TPSA) is 16.4 Å². The van der Waals surface area contributed by atoms with E-state index in [0.29, 0.717) is 0 Å². The first kappa shape index (κ1) is 29.5. The van der Waals surface area contributed by atoms with E-state index in [1.807, 2.05) is 17.4 Å². The van der Waals surface area contributed by atoms with Gasteiger partial charge in [0.15, 0.2) is 0 Å². The Hall–Kier alpha value is -6.42. The van der Waals surface area contributed by atoms with E-state index in [1.54, 1.807) is 0 Å². The summed E-state index contributed by atoms with van der Waals surface area (Å²) in [6.45, 7) is 0. The molecule has 2 nitrogen and oxygen atoms in total. The van der Waals surface area contributed by atoms with E-state index in [0.717, 1.165) is 33.6 Å². The van der Waals surface area contributed by atoms with Gasteiger partial charge in [-0.1, -0.05) is 127 Å². The largest absolute Gasteiger partial charge is 0.456 e. The number of fused-ring (bicyclic) bond motifs is 7. The van der Waals surface area contributed by atoms with Crippen LogP contribution in [0.25, 0.3) is 75.5 Å². The van der Waals surface area contributed by atoms with E-state index in [1.165, 1.54) is 58.9 Å². The van der Waals surface area contributed by atoms with Gasteiger partial charge >= 0.3 is 0 Å². The fourth-order valence-corrected chi connectivity index (χ4v) is 8.71. The van der Waals surface area contributed by atoms with Crippen molar-refractivity contribution in [3.63, 3.8) is 0 Å². The molecule has 0 fully saturated rings. The molecule has 0 amide bonds. The van der Waals surface area contributed by atoms with Gasteiger partial charge in [-0.25, -0.2) is 0 Å². The second-order valence-corrected chi connectivity index (χ2v) is 14.0. The minimum atomic E-state index is 0.927. The third-order valence-corrected chi connectivity index (χ3v) is 11.0. The van der Waals surface area contributed by atoms with Gasteiger partial charge in [-0.3, -0.25) is 0 Å². The Morgan fingerprint density at radius 3 is 1.57 bits per heavy atom. The van der Waals surface area contributed by atoms with Crippen LogP contribution >= 0.6 is 11.3 Å². The summed E-state index contributed by atoms with van der Waals surface area (Å²) in [7, 11) is 0. The molecule has 3 heteroatoms. The molecule has 0 aliphatic heterocycles. The lowest BCUT2D eigenvalue weighted by Crippen LogP contribution is -2.09. The van der Waals surface area contributed by atoms with Crippen LogP contribution in [0.5, 0.6) is 0 Å². The Bertz CT molecular complexity index is 2830. The van der Waals surface area contributed by atoms with Gasteiger partial charge in [0.1, 0.15) is 11.2 Å².